The standard InChI is InChI=1S/C18H18O/c1-2-4-13(5-3-1)14-6-9-16(10-7-14)19-18-11-8-15-12-17(15)18/h6-13H,1-5H2. The molecule has 0 N–H and O–H groups in total. The lowest BCUT2D eigenvalue weighted by Crippen LogP contribution is -2.04. The molecule has 1 saturated carbocycles. The number of hydrogen-bond donors (Lipinski definition) is 0. The lowest BCUT2D eigenvalue weighted by Gasteiger charge is -2.22. The highest BCUT2D eigenvalue weighted by atomic mass is 16.5. The number of rotatable bonds is 3. The van der Waals surface area contributed by atoms with Crippen molar-refractivity contribution in [1.29, 1.82) is 0 Å². The lowest BCUT2D eigenvalue weighted by molar-refractivity contribution is 0.442. The van der Waals surface area contributed by atoms with Gasteiger partial charge in [-0.1, -0.05) is 37.5 Å². The van der Waals surface area contributed by atoms with Crippen molar-refractivity contribution in [2.45, 2.75) is 38.0 Å². The molecule has 3 aliphatic carbocycles. The third kappa shape index (κ3) is 2.14. The van der Waals surface area contributed by atoms with Crippen LogP contribution in [0.2, 0.25) is 0 Å². The van der Waals surface area contributed by atoms with Crippen molar-refractivity contribution in [3.8, 4) is 22.6 Å². The molecule has 1 nitrogen and oxygen atoms in total. The van der Waals surface area contributed by atoms with Crippen molar-refractivity contribution in [2.75, 3.05) is 0 Å². The van der Waals surface area contributed by atoms with Crippen molar-refractivity contribution < 1.29 is 4.74 Å². The van der Waals surface area contributed by atoms with Crippen LogP contribution in [0.1, 0.15) is 43.6 Å². The molecule has 0 unspecified atom stereocenters. The van der Waals surface area contributed by atoms with Crippen LogP contribution < -0.4 is 4.74 Å². The molecule has 3 aliphatic rings. The summed E-state index contributed by atoms with van der Waals surface area (Å²) in [6, 6.07) is 15.1. The minimum absolute atomic E-state index is 0.771. The topological polar surface area (TPSA) is 9.23 Å². The second kappa shape index (κ2) is 4.41. The van der Waals surface area contributed by atoms with E-state index in [-0.39, 0.29) is 0 Å². The smallest absolute Gasteiger partial charge is 0.135 e. The van der Waals surface area contributed by atoms with Crippen LogP contribution in [0, 0.1) is 0 Å². The predicted molar refractivity (Wildman–Crippen MR) is 77.8 cm³/mol. The van der Waals surface area contributed by atoms with Crippen molar-refractivity contribution in [3.05, 3.63) is 48.0 Å². The van der Waals surface area contributed by atoms with E-state index in [2.05, 4.69) is 42.5 Å². The van der Waals surface area contributed by atoms with Crippen LogP contribution in [0.4, 0.5) is 0 Å². The fourth-order valence-corrected chi connectivity index (χ4v) is 3.19. The van der Waals surface area contributed by atoms with Gasteiger partial charge < -0.3 is 4.74 Å². The highest BCUT2D eigenvalue weighted by Crippen LogP contribution is 2.45. The molecule has 0 saturated heterocycles. The van der Waals surface area contributed by atoms with Crippen LogP contribution in [-0.4, -0.2) is 0 Å². The first kappa shape index (κ1) is 11.1. The summed E-state index contributed by atoms with van der Waals surface area (Å²) in [6.45, 7) is 0. The molecule has 1 aromatic rings. The maximum atomic E-state index is 5.91. The molecule has 0 aromatic heterocycles. The normalized spacial score (nSPS) is 17.3. The van der Waals surface area contributed by atoms with E-state index >= 15 is 0 Å². The predicted octanol–water partition coefficient (Wildman–Crippen LogP) is 5.51. The van der Waals surface area contributed by atoms with Crippen LogP contribution >= 0.6 is 0 Å². The molecule has 96 valence electrons. The summed E-state index contributed by atoms with van der Waals surface area (Å²) in [5, 5.41) is 0. The van der Waals surface area contributed by atoms with Gasteiger partial charge in [0.15, 0.2) is 0 Å². The summed E-state index contributed by atoms with van der Waals surface area (Å²) >= 11 is 0. The molecule has 4 rings (SSSR count). The average molecular weight is 250 g/mol. The largest absolute Gasteiger partial charge is 0.457 e. The number of ether oxygens (including phenoxy) is 1. The molecule has 0 amide bonds. The Morgan fingerprint density at radius 3 is 2.26 bits per heavy atom. The first-order valence-electron chi connectivity index (χ1n) is 7.32. The third-order valence-corrected chi connectivity index (χ3v) is 4.39. The van der Waals surface area contributed by atoms with Gasteiger partial charge in [0.1, 0.15) is 11.5 Å². The Labute approximate surface area is 114 Å². The molecule has 0 aliphatic heterocycles. The first-order chi connectivity index (χ1) is 9.40. The van der Waals surface area contributed by atoms with Gasteiger partial charge in [-0.05, 0) is 54.2 Å². The fraction of sp³-hybridized carbons (Fsp3) is 0.333. The van der Waals surface area contributed by atoms with Gasteiger partial charge in [-0.2, -0.15) is 0 Å². The van der Waals surface area contributed by atoms with Crippen LogP contribution in [0.25, 0.3) is 11.1 Å². The molecule has 0 radical (unpaired) electrons. The molecule has 0 bridgehead atoms. The molecule has 0 atom stereocenters. The minimum Gasteiger partial charge on any atom is -0.457 e. The van der Waals surface area contributed by atoms with E-state index in [9.17, 15) is 0 Å². The van der Waals surface area contributed by atoms with Crippen molar-refractivity contribution in [2.24, 2.45) is 0 Å². The van der Waals surface area contributed by atoms with E-state index in [0.717, 1.165) is 17.4 Å². The SMILES string of the molecule is c1cc(C2CCCCC2)ccc1Oc1ccc2cc1-2. The first-order valence-corrected chi connectivity index (χ1v) is 7.32. The van der Waals surface area contributed by atoms with E-state index in [1.54, 1.807) is 0 Å². The Bertz CT molecular complexity index is 592. The van der Waals surface area contributed by atoms with Crippen molar-refractivity contribution in [1.82, 2.24) is 0 Å². The molecular formula is C18H18O. The van der Waals surface area contributed by atoms with Gasteiger partial charge in [-0.25, -0.2) is 0 Å². The Morgan fingerprint density at radius 2 is 1.63 bits per heavy atom. The monoisotopic (exact) mass is 250 g/mol. The maximum absolute atomic E-state index is 5.91. The molecule has 0 heterocycles. The second-order valence-electron chi connectivity index (χ2n) is 5.72. The Kier molecular flexibility index (Phi) is 2.58. The van der Waals surface area contributed by atoms with Gasteiger partial charge in [-0.15, -0.1) is 0 Å². The van der Waals surface area contributed by atoms with Gasteiger partial charge >= 0.3 is 0 Å². The van der Waals surface area contributed by atoms with Crippen molar-refractivity contribution >= 4 is 0 Å². The molecule has 1 fully saturated rings. The van der Waals surface area contributed by atoms with Crippen LogP contribution in [0.15, 0.2) is 42.5 Å². The molecule has 1 heteroatoms. The zero-order chi connectivity index (χ0) is 12.7. The summed E-state index contributed by atoms with van der Waals surface area (Å²) in [5.41, 5.74) is 4.09. The summed E-state index contributed by atoms with van der Waals surface area (Å²) in [4.78, 5) is 0. The Morgan fingerprint density at radius 1 is 0.842 bits per heavy atom. The molecular weight excluding hydrogens is 232 g/mol. The van der Waals surface area contributed by atoms with Gasteiger partial charge in [0.2, 0.25) is 0 Å². The van der Waals surface area contributed by atoms with E-state index in [0.29, 0.717) is 0 Å². The fourth-order valence-electron chi connectivity index (χ4n) is 3.19. The summed E-state index contributed by atoms with van der Waals surface area (Å²) in [7, 11) is 0. The number of hydrogen-bond acceptors (Lipinski definition) is 1. The summed E-state index contributed by atoms with van der Waals surface area (Å²) in [6.07, 6.45) is 6.89. The lowest BCUT2D eigenvalue weighted by atomic mass is 9.84. The van der Waals surface area contributed by atoms with Crippen molar-refractivity contribution in [3.63, 3.8) is 0 Å². The van der Waals surface area contributed by atoms with Crippen LogP contribution in [-0.2, 0) is 0 Å². The van der Waals surface area contributed by atoms with E-state index < -0.39 is 0 Å². The Balaban J connectivity index is 1.48. The van der Waals surface area contributed by atoms with E-state index in [4.69, 9.17) is 4.74 Å². The third-order valence-electron chi connectivity index (χ3n) is 4.39. The molecule has 0 spiro atoms. The highest BCUT2D eigenvalue weighted by Gasteiger charge is 2.19. The average Bonchev–Trinajstić information content (AvgIpc) is 3.16. The zero-order valence-corrected chi connectivity index (χ0v) is 11.1. The molecule has 1 aromatic carbocycles. The summed E-state index contributed by atoms with van der Waals surface area (Å²) < 4.78 is 5.91. The second-order valence-corrected chi connectivity index (χ2v) is 5.72. The van der Waals surface area contributed by atoms with E-state index in [1.807, 2.05) is 0 Å². The minimum atomic E-state index is 0.771. The maximum Gasteiger partial charge on any atom is 0.135 e. The Hall–Kier alpha value is -1.76. The van der Waals surface area contributed by atoms with Gasteiger partial charge in [-0.3, -0.25) is 0 Å². The van der Waals surface area contributed by atoms with Gasteiger partial charge in [0.05, 0.1) is 0 Å². The van der Waals surface area contributed by atoms with E-state index in [1.165, 1.54) is 48.8 Å². The quantitative estimate of drug-likeness (QED) is 0.595. The highest BCUT2D eigenvalue weighted by molar-refractivity contribution is 5.87. The van der Waals surface area contributed by atoms with Gasteiger partial charge in [0.25, 0.3) is 0 Å². The molecule has 19 heavy (non-hydrogen) atoms. The summed E-state index contributed by atoms with van der Waals surface area (Å²) in [5.74, 6) is 2.72. The zero-order valence-electron chi connectivity index (χ0n) is 11.1. The van der Waals surface area contributed by atoms with Crippen LogP contribution in [0.5, 0.6) is 11.5 Å². The number of benzene rings is 2. The van der Waals surface area contributed by atoms with Crippen LogP contribution in [0.3, 0.4) is 0 Å². The van der Waals surface area contributed by atoms with Gasteiger partial charge in [0, 0.05) is 5.56 Å². The number of fused-ring (bicyclic) bond motifs is 1.